The predicted octanol–water partition coefficient (Wildman–Crippen LogP) is 4.99. The molecule has 26 heavy (non-hydrogen) atoms. The van der Waals surface area contributed by atoms with E-state index in [0.717, 1.165) is 17.0 Å². The summed E-state index contributed by atoms with van der Waals surface area (Å²) in [5, 5.41) is 0.811. The molecule has 0 atom stereocenters. The first-order valence-electron chi connectivity index (χ1n) is 8.16. The Hall–Kier alpha value is -2.92. The highest BCUT2D eigenvalue weighted by Crippen LogP contribution is 2.34. The molecule has 0 aliphatic heterocycles. The zero-order chi connectivity index (χ0) is 18.3. The van der Waals surface area contributed by atoms with Gasteiger partial charge in [-0.3, -0.25) is 0 Å². The molecule has 0 saturated carbocycles. The van der Waals surface area contributed by atoms with Gasteiger partial charge in [0.25, 0.3) is 10.0 Å². The first kappa shape index (κ1) is 16.5. The first-order valence-corrected chi connectivity index (χ1v) is 9.60. The summed E-state index contributed by atoms with van der Waals surface area (Å²) in [5.74, 6) is -0.572. The van der Waals surface area contributed by atoms with Crippen molar-refractivity contribution < 1.29 is 12.8 Å². The van der Waals surface area contributed by atoms with E-state index < -0.39 is 15.8 Å². The number of hydrogen-bond acceptors (Lipinski definition) is 2. The average molecular weight is 365 g/mol. The van der Waals surface area contributed by atoms with Gasteiger partial charge in [-0.25, -0.2) is 16.8 Å². The summed E-state index contributed by atoms with van der Waals surface area (Å²) >= 11 is 0. The van der Waals surface area contributed by atoms with Crippen molar-refractivity contribution in [1.82, 2.24) is 3.97 Å². The van der Waals surface area contributed by atoms with Crippen LogP contribution in [-0.2, 0) is 10.0 Å². The van der Waals surface area contributed by atoms with Gasteiger partial charge < -0.3 is 0 Å². The number of hydrogen-bond donors (Lipinski definition) is 0. The van der Waals surface area contributed by atoms with Gasteiger partial charge in [0, 0.05) is 17.1 Å². The molecule has 4 aromatic rings. The van der Waals surface area contributed by atoms with E-state index in [0.29, 0.717) is 16.6 Å². The Morgan fingerprint density at radius 3 is 2.35 bits per heavy atom. The summed E-state index contributed by atoms with van der Waals surface area (Å²) in [5.41, 5.74) is 2.39. The van der Waals surface area contributed by atoms with Crippen LogP contribution in [0.3, 0.4) is 0 Å². The number of aromatic nitrogens is 1. The highest BCUT2D eigenvalue weighted by Gasteiger charge is 2.25. The molecule has 0 N–H and O–H groups in total. The normalized spacial score (nSPS) is 11.8. The summed E-state index contributed by atoms with van der Waals surface area (Å²) < 4.78 is 42.2. The van der Waals surface area contributed by atoms with Gasteiger partial charge in [0.15, 0.2) is 0 Å². The molecule has 0 fully saturated rings. The second-order valence-corrected chi connectivity index (χ2v) is 7.92. The Morgan fingerprint density at radius 1 is 0.885 bits per heavy atom. The summed E-state index contributed by atoms with van der Waals surface area (Å²) in [7, 11) is -3.97. The molecule has 0 amide bonds. The minimum atomic E-state index is -3.97. The van der Waals surface area contributed by atoms with Crippen molar-refractivity contribution >= 4 is 20.9 Å². The summed E-state index contributed by atoms with van der Waals surface area (Å²) in [4.78, 5) is -0.0393. The van der Waals surface area contributed by atoms with E-state index in [1.54, 1.807) is 25.1 Å². The molecule has 5 heteroatoms. The van der Waals surface area contributed by atoms with Crippen molar-refractivity contribution in [2.75, 3.05) is 0 Å². The molecule has 0 aliphatic rings. The fourth-order valence-electron chi connectivity index (χ4n) is 3.26. The van der Waals surface area contributed by atoms with Gasteiger partial charge in [-0.1, -0.05) is 48.5 Å². The lowest BCUT2D eigenvalue weighted by atomic mass is 10.0. The standard InChI is InChI=1S/C21H16FNO2S/c1-15-13-18(22)14-20(21(15)17-8-3-2-4-9-17)26(24,25)23-12-11-16-7-5-6-10-19(16)23/h2-14H,1H3. The maximum atomic E-state index is 14.1. The SMILES string of the molecule is Cc1cc(F)cc(S(=O)(=O)n2ccc3ccccc32)c1-c1ccccc1. The van der Waals surface area contributed by atoms with Crippen LogP contribution in [0.2, 0.25) is 0 Å². The zero-order valence-corrected chi connectivity index (χ0v) is 14.9. The Balaban J connectivity index is 2.04. The van der Waals surface area contributed by atoms with Gasteiger partial charge >= 0.3 is 0 Å². The monoisotopic (exact) mass is 365 g/mol. The molecule has 0 unspecified atom stereocenters. The fourth-order valence-corrected chi connectivity index (χ4v) is 4.92. The van der Waals surface area contributed by atoms with Crippen LogP contribution in [0.1, 0.15) is 5.56 Å². The van der Waals surface area contributed by atoms with Crippen LogP contribution in [0.15, 0.2) is 83.9 Å². The number of nitrogens with zero attached hydrogens (tertiary/aromatic N) is 1. The molecule has 3 nitrogen and oxygen atoms in total. The Morgan fingerprint density at radius 2 is 1.58 bits per heavy atom. The van der Waals surface area contributed by atoms with Gasteiger partial charge in [-0.15, -0.1) is 0 Å². The lowest BCUT2D eigenvalue weighted by molar-refractivity contribution is 0.584. The van der Waals surface area contributed by atoms with Gasteiger partial charge in [-0.05, 0) is 42.3 Å². The van der Waals surface area contributed by atoms with Crippen molar-refractivity contribution in [2.24, 2.45) is 0 Å². The number of benzene rings is 3. The summed E-state index contributed by atoms with van der Waals surface area (Å²) in [6.45, 7) is 1.72. The van der Waals surface area contributed by atoms with E-state index in [-0.39, 0.29) is 4.90 Å². The number of aryl methyl sites for hydroxylation is 1. The Bertz CT molecular complexity index is 1210. The maximum Gasteiger partial charge on any atom is 0.268 e. The van der Waals surface area contributed by atoms with Crippen LogP contribution < -0.4 is 0 Å². The van der Waals surface area contributed by atoms with Gasteiger partial charge in [0.1, 0.15) is 5.82 Å². The molecule has 4 rings (SSSR count). The molecule has 0 bridgehead atoms. The lowest BCUT2D eigenvalue weighted by Gasteiger charge is -2.15. The van der Waals surface area contributed by atoms with Crippen LogP contribution in [0.4, 0.5) is 4.39 Å². The third-order valence-electron chi connectivity index (χ3n) is 4.43. The van der Waals surface area contributed by atoms with Gasteiger partial charge in [0.05, 0.1) is 10.4 Å². The lowest BCUT2D eigenvalue weighted by Crippen LogP contribution is -2.14. The number of fused-ring (bicyclic) bond motifs is 1. The highest BCUT2D eigenvalue weighted by atomic mass is 32.2. The number of halogens is 1. The molecule has 1 heterocycles. The topological polar surface area (TPSA) is 39.1 Å². The fraction of sp³-hybridized carbons (Fsp3) is 0.0476. The van der Waals surface area contributed by atoms with Crippen molar-refractivity contribution in [3.63, 3.8) is 0 Å². The third kappa shape index (κ3) is 2.61. The van der Waals surface area contributed by atoms with E-state index in [2.05, 4.69) is 0 Å². The summed E-state index contributed by atoms with van der Waals surface area (Å²) in [6.07, 6.45) is 1.51. The number of rotatable bonds is 3. The summed E-state index contributed by atoms with van der Waals surface area (Å²) in [6, 6.07) is 20.6. The van der Waals surface area contributed by atoms with Crippen LogP contribution >= 0.6 is 0 Å². The Kier molecular flexibility index (Phi) is 3.89. The van der Waals surface area contributed by atoms with Crippen molar-refractivity contribution in [3.8, 4) is 11.1 Å². The van der Waals surface area contributed by atoms with E-state index >= 15 is 0 Å². The van der Waals surface area contributed by atoms with Crippen LogP contribution in [-0.4, -0.2) is 12.4 Å². The van der Waals surface area contributed by atoms with Crippen LogP contribution in [0.25, 0.3) is 22.0 Å². The van der Waals surface area contributed by atoms with Gasteiger partial charge in [0.2, 0.25) is 0 Å². The second kappa shape index (κ2) is 6.11. The molecule has 0 aliphatic carbocycles. The van der Waals surface area contributed by atoms with Crippen LogP contribution in [0.5, 0.6) is 0 Å². The van der Waals surface area contributed by atoms with Crippen LogP contribution in [0, 0.1) is 12.7 Å². The molecule has 130 valence electrons. The predicted molar refractivity (Wildman–Crippen MR) is 101 cm³/mol. The maximum absolute atomic E-state index is 14.1. The smallest absolute Gasteiger partial charge is 0.241 e. The minimum absolute atomic E-state index is 0.0393. The van der Waals surface area contributed by atoms with E-state index in [1.165, 1.54) is 16.2 Å². The van der Waals surface area contributed by atoms with E-state index in [1.807, 2.05) is 42.5 Å². The van der Waals surface area contributed by atoms with E-state index in [9.17, 15) is 12.8 Å². The molecule has 0 radical (unpaired) electrons. The van der Waals surface area contributed by atoms with Crippen molar-refractivity contribution in [1.29, 1.82) is 0 Å². The zero-order valence-electron chi connectivity index (χ0n) is 14.1. The first-order chi connectivity index (χ1) is 12.5. The molecule has 0 spiro atoms. The third-order valence-corrected chi connectivity index (χ3v) is 6.14. The number of para-hydroxylation sites is 1. The molecule has 1 aromatic heterocycles. The van der Waals surface area contributed by atoms with Crippen molar-refractivity contribution in [2.45, 2.75) is 11.8 Å². The average Bonchev–Trinajstić information content (AvgIpc) is 3.06. The molecular weight excluding hydrogens is 349 g/mol. The molecule has 3 aromatic carbocycles. The van der Waals surface area contributed by atoms with Crippen molar-refractivity contribution in [3.05, 3.63) is 90.4 Å². The quantitative estimate of drug-likeness (QED) is 0.513. The van der Waals surface area contributed by atoms with Gasteiger partial charge in [-0.2, -0.15) is 0 Å². The largest absolute Gasteiger partial charge is 0.268 e. The van der Waals surface area contributed by atoms with E-state index in [4.69, 9.17) is 0 Å². The second-order valence-electron chi connectivity index (χ2n) is 6.14. The highest BCUT2D eigenvalue weighted by molar-refractivity contribution is 7.90. The minimum Gasteiger partial charge on any atom is -0.241 e. The molecular formula is C21H16FNO2S. The molecule has 0 saturated heterocycles. The Labute approximate surface area is 151 Å².